The molecule has 0 bridgehead atoms. The van der Waals surface area contributed by atoms with Crippen LogP contribution in [0.2, 0.25) is 0 Å². The van der Waals surface area contributed by atoms with Gasteiger partial charge in [0.2, 0.25) is 0 Å². The maximum atomic E-state index is 12.4. The van der Waals surface area contributed by atoms with E-state index in [9.17, 15) is 4.79 Å². The number of piperidine rings is 1. The van der Waals surface area contributed by atoms with E-state index in [1.165, 1.54) is 24.8 Å². The molecule has 1 atom stereocenters. The van der Waals surface area contributed by atoms with Crippen LogP contribution in [0.5, 0.6) is 0 Å². The number of benzene rings is 1. The minimum absolute atomic E-state index is 0.0609. The van der Waals surface area contributed by atoms with Crippen molar-refractivity contribution in [2.24, 2.45) is 0 Å². The Morgan fingerprint density at radius 1 is 1.17 bits per heavy atom. The molecule has 1 aromatic carbocycles. The molecular weight excluding hydrogens is 288 g/mol. The van der Waals surface area contributed by atoms with Crippen LogP contribution in [0.1, 0.15) is 47.0 Å². The predicted octanol–water partition coefficient (Wildman–Crippen LogP) is 3.55. The van der Waals surface area contributed by atoms with Crippen LogP contribution in [0.15, 0.2) is 47.1 Å². The zero-order chi connectivity index (χ0) is 16.1. The van der Waals surface area contributed by atoms with Gasteiger partial charge in [0.1, 0.15) is 5.76 Å². The van der Waals surface area contributed by atoms with E-state index >= 15 is 0 Å². The predicted molar refractivity (Wildman–Crippen MR) is 90.4 cm³/mol. The number of amides is 1. The van der Waals surface area contributed by atoms with Gasteiger partial charge in [0.05, 0.1) is 17.9 Å². The van der Waals surface area contributed by atoms with Crippen molar-refractivity contribution in [2.45, 2.75) is 32.2 Å². The van der Waals surface area contributed by atoms with Crippen molar-refractivity contribution in [3.8, 4) is 0 Å². The zero-order valence-electron chi connectivity index (χ0n) is 13.6. The first kappa shape index (κ1) is 15.8. The zero-order valence-corrected chi connectivity index (χ0v) is 13.6. The number of aryl methyl sites for hydroxylation is 1. The maximum Gasteiger partial charge on any atom is 0.254 e. The van der Waals surface area contributed by atoms with E-state index in [2.05, 4.69) is 34.5 Å². The molecular formula is C19H24N2O2. The molecule has 1 amide bonds. The molecule has 1 aliphatic rings. The van der Waals surface area contributed by atoms with Crippen LogP contribution in [-0.4, -0.2) is 30.4 Å². The van der Waals surface area contributed by atoms with Gasteiger partial charge in [-0.15, -0.1) is 0 Å². The Labute approximate surface area is 137 Å². The molecule has 122 valence electrons. The first-order chi connectivity index (χ1) is 11.3. The summed E-state index contributed by atoms with van der Waals surface area (Å²) in [5.74, 6) is 0.603. The van der Waals surface area contributed by atoms with E-state index in [4.69, 9.17) is 4.42 Å². The van der Waals surface area contributed by atoms with E-state index in [-0.39, 0.29) is 11.9 Å². The topological polar surface area (TPSA) is 45.5 Å². The summed E-state index contributed by atoms with van der Waals surface area (Å²) in [5.41, 5.74) is 1.88. The molecule has 0 aliphatic carbocycles. The quantitative estimate of drug-likeness (QED) is 0.918. The number of rotatable bonds is 5. The summed E-state index contributed by atoms with van der Waals surface area (Å²) in [6.45, 7) is 4.63. The molecule has 0 saturated carbocycles. The molecule has 4 nitrogen and oxygen atoms in total. The highest BCUT2D eigenvalue weighted by atomic mass is 16.3. The number of nitrogens with zero attached hydrogens (tertiary/aromatic N) is 1. The molecule has 1 N–H and O–H groups in total. The Bertz CT molecular complexity index is 630. The van der Waals surface area contributed by atoms with Crippen molar-refractivity contribution >= 4 is 5.91 Å². The van der Waals surface area contributed by atoms with E-state index < -0.39 is 0 Å². The Hall–Kier alpha value is -2.07. The molecule has 1 saturated heterocycles. The van der Waals surface area contributed by atoms with Crippen LogP contribution in [-0.2, 0) is 0 Å². The molecule has 0 unspecified atom stereocenters. The Kier molecular flexibility index (Phi) is 5.13. The van der Waals surface area contributed by atoms with E-state index in [0.717, 1.165) is 13.1 Å². The van der Waals surface area contributed by atoms with Gasteiger partial charge in [0.15, 0.2) is 0 Å². The lowest BCUT2D eigenvalue weighted by Crippen LogP contribution is -2.40. The molecule has 1 aliphatic heterocycles. The number of carbonyl (C=O) groups excluding carboxylic acids is 1. The van der Waals surface area contributed by atoms with Crippen LogP contribution in [0.4, 0.5) is 0 Å². The van der Waals surface area contributed by atoms with Crippen LogP contribution in [0, 0.1) is 6.92 Å². The van der Waals surface area contributed by atoms with Crippen LogP contribution >= 0.6 is 0 Å². The second-order valence-electron chi connectivity index (χ2n) is 6.12. The Morgan fingerprint density at radius 2 is 1.91 bits per heavy atom. The van der Waals surface area contributed by atoms with Gasteiger partial charge < -0.3 is 9.73 Å². The highest BCUT2D eigenvalue weighted by molar-refractivity contribution is 5.95. The second-order valence-corrected chi connectivity index (χ2v) is 6.12. The number of carbonyl (C=O) groups is 1. The molecule has 0 radical (unpaired) electrons. The number of hydrogen-bond donors (Lipinski definition) is 1. The van der Waals surface area contributed by atoms with Gasteiger partial charge in [-0.1, -0.05) is 36.8 Å². The smallest absolute Gasteiger partial charge is 0.254 e. The van der Waals surface area contributed by atoms with Crippen molar-refractivity contribution < 1.29 is 9.21 Å². The molecule has 3 rings (SSSR count). The SMILES string of the molecule is Cc1occc1C(=O)NC[C@H](c1ccccc1)N1CCCCC1. The van der Waals surface area contributed by atoms with Crippen molar-refractivity contribution in [3.05, 3.63) is 59.5 Å². The number of likely N-dealkylation sites (tertiary alicyclic amines) is 1. The molecule has 0 spiro atoms. The average molecular weight is 312 g/mol. The van der Waals surface area contributed by atoms with Gasteiger partial charge in [-0.25, -0.2) is 0 Å². The minimum atomic E-state index is -0.0609. The largest absolute Gasteiger partial charge is 0.469 e. The fraction of sp³-hybridized carbons (Fsp3) is 0.421. The van der Waals surface area contributed by atoms with E-state index in [0.29, 0.717) is 17.9 Å². The first-order valence-electron chi connectivity index (χ1n) is 8.37. The maximum absolute atomic E-state index is 12.4. The molecule has 1 aromatic heterocycles. The van der Waals surface area contributed by atoms with Gasteiger partial charge in [-0.2, -0.15) is 0 Å². The standard InChI is InChI=1S/C19H24N2O2/c1-15-17(10-13-23-15)19(22)20-14-18(16-8-4-2-5-9-16)21-11-6-3-7-12-21/h2,4-5,8-10,13,18H,3,6-7,11-12,14H2,1H3,(H,20,22)/t18-/m1/s1. The highest BCUT2D eigenvalue weighted by Crippen LogP contribution is 2.24. The lowest BCUT2D eigenvalue weighted by atomic mass is 10.0. The van der Waals surface area contributed by atoms with Crippen molar-refractivity contribution in [1.29, 1.82) is 0 Å². The first-order valence-corrected chi connectivity index (χ1v) is 8.37. The monoisotopic (exact) mass is 312 g/mol. The summed E-state index contributed by atoms with van der Waals surface area (Å²) >= 11 is 0. The van der Waals surface area contributed by atoms with Crippen molar-refractivity contribution in [2.75, 3.05) is 19.6 Å². The fourth-order valence-electron chi connectivity index (χ4n) is 3.27. The third-order valence-electron chi connectivity index (χ3n) is 4.58. The van der Waals surface area contributed by atoms with Gasteiger partial charge in [0.25, 0.3) is 5.91 Å². The highest BCUT2D eigenvalue weighted by Gasteiger charge is 2.23. The Morgan fingerprint density at radius 3 is 2.57 bits per heavy atom. The fourth-order valence-corrected chi connectivity index (χ4v) is 3.27. The Balaban J connectivity index is 1.71. The van der Waals surface area contributed by atoms with Crippen LogP contribution < -0.4 is 5.32 Å². The van der Waals surface area contributed by atoms with Crippen LogP contribution in [0.3, 0.4) is 0 Å². The molecule has 4 heteroatoms. The summed E-state index contributed by atoms with van der Waals surface area (Å²) < 4.78 is 5.22. The van der Waals surface area contributed by atoms with Crippen molar-refractivity contribution in [1.82, 2.24) is 10.2 Å². The second kappa shape index (κ2) is 7.47. The average Bonchev–Trinajstić information content (AvgIpc) is 3.03. The molecule has 2 heterocycles. The van der Waals surface area contributed by atoms with E-state index in [1.54, 1.807) is 12.3 Å². The molecule has 23 heavy (non-hydrogen) atoms. The lowest BCUT2D eigenvalue weighted by Gasteiger charge is -2.35. The minimum Gasteiger partial charge on any atom is -0.469 e. The number of nitrogens with one attached hydrogen (secondary N) is 1. The number of hydrogen-bond acceptors (Lipinski definition) is 3. The summed E-state index contributed by atoms with van der Waals surface area (Å²) in [7, 11) is 0. The third kappa shape index (κ3) is 3.82. The summed E-state index contributed by atoms with van der Waals surface area (Å²) in [5, 5.41) is 3.08. The number of furan rings is 1. The van der Waals surface area contributed by atoms with Gasteiger partial charge in [0, 0.05) is 6.54 Å². The summed E-state index contributed by atoms with van der Waals surface area (Å²) in [6, 6.07) is 12.4. The van der Waals surface area contributed by atoms with Gasteiger partial charge in [-0.3, -0.25) is 9.69 Å². The normalized spacial score (nSPS) is 16.9. The lowest BCUT2D eigenvalue weighted by molar-refractivity contribution is 0.0923. The van der Waals surface area contributed by atoms with Crippen molar-refractivity contribution in [3.63, 3.8) is 0 Å². The van der Waals surface area contributed by atoms with E-state index in [1.807, 2.05) is 13.0 Å². The summed E-state index contributed by atoms with van der Waals surface area (Å²) in [6.07, 6.45) is 5.33. The van der Waals surface area contributed by atoms with Gasteiger partial charge >= 0.3 is 0 Å². The molecule has 2 aromatic rings. The van der Waals surface area contributed by atoms with Gasteiger partial charge in [-0.05, 0) is 44.5 Å². The molecule has 1 fully saturated rings. The van der Waals surface area contributed by atoms with Crippen LogP contribution in [0.25, 0.3) is 0 Å². The third-order valence-corrected chi connectivity index (χ3v) is 4.58. The summed E-state index contributed by atoms with van der Waals surface area (Å²) in [4.78, 5) is 14.8.